The number of amides is 2. The summed E-state index contributed by atoms with van der Waals surface area (Å²) >= 11 is 5.61. The first-order chi connectivity index (χ1) is 21.8. The Morgan fingerprint density at radius 1 is 1.00 bits per heavy atom. The first-order valence-electron chi connectivity index (χ1n) is 15.5. The second-order valence-corrected chi connectivity index (χ2v) is 12.2. The highest BCUT2D eigenvalue weighted by atomic mass is 35.5. The maximum absolute atomic E-state index is 13.4. The number of nitrogens with zero attached hydrogens (tertiary/aromatic N) is 1. The minimum absolute atomic E-state index is 0.0880. The second kappa shape index (κ2) is 15.2. The van der Waals surface area contributed by atoms with Crippen LogP contribution in [0.15, 0.2) is 93.7 Å². The van der Waals surface area contributed by atoms with E-state index in [9.17, 15) is 18.8 Å². The molecule has 0 radical (unpaired) electrons. The van der Waals surface area contributed by atoms with E-state index in [-0.39, 0.29) is 22.6 Å². The van der Waals surface area contributed by atoms with E-state index in [2.05, 4.69) is 29.6 Å². The number of carbonyl (C=O) groups is 2. The predicted octanol–water partition coefficient (Wildman–Crippen LogP) is 8.11. The fourth-order valence-corrected chi connectivity index (χ4v) is 6.09. The van der Waals surface area contributed by atoms with Gasteiger partial charge in [-0.25, -0.2) is 4.39 Å². The average molecular weight is 629 g/mol. The molecule has 0 atom stereocenters. The summed E-state index contributed by atoms with van der Waals surface area (Å²) in [7, 11) is 0. The van der Waals surface area contributed by atoms with Gasteiger partial charge in [0.05, 0.1) is 5.39 Å². The molecule has 2 amide bonds. The van der Waals surface area contributed by atoms with Gasteiger partial charge in [-0.3, -0.25) is 14.4 Å². The fourth-order valence-electron chi connectivity index (χ4n) is 5.96. The Morgan fingerprint density at radius 2 is 1.76 bits per heavy atom. The van der Waals surface area contributed by atoms with Crippen LogP contribution in [0.1, 0.15) is 78.1 Å². The van der Waals surface area contributed by atoms with E-state index in [0.29, 0.717) is 25.4 Å². The number of rotatable bonds is 6. The zero-order chi connectivity index (χ0) is 31.8. The number of piperidine rings is 1. The standard InChI is InChI=1S/C30H31FN2O4.C7H7Cl/c31-23-12-13-27-25(17-23)26(34)18-28(37-27)30(36)32-15-14-20-8-10-21(11-9-20)24-6-2-1-5-22(24)19-33-16-4-3-7-29(33)35;1-6-2-4-7(8)5-3-6/h1-2,5-6,12-14,17-18,21H,3-4,7-11,15-16,19H2,(H,32,36);2-5H,1H3. The summed E-state index contributed by atoms with van der Waals surface area (Å²) in [6.45, 7) is 3.92. The van der Waals surface area contributed by atoms with Crippen LogP contribution >= 0.6 is 11.6 Å². The number of fused-ring (bicyclic) bond motifs is 1. The van der Waals surface area contributed by atoms with Crippen molar-refractivity contribution in [1.29, 1.82) is 0 Å². The molecule has 1 saturated carbocycles. The molecule has 1 aromatic heterocycles. The van der Waals surface area contributed by atoms with Crippen LogP contribution < -0.4 is 10.7 Å². The van der Waals surface area contributed by atoms with Gasteiger partial charge in [0.25, 0.3) is 5.91 Å². The molecule has 4 aromatic rings. The number of likely N-dealkylation sites (tertiary alicyclic amines) is 1. The van der Waals surface area contributed by atoms with Gasteiger partial charge in [0, 0.05) is 37.1 Å². The SMILES string of the molecule is Cc1ccc(Cl)cc1.O=C(NCC=C1CCC(c2ccccc2CN2CCCCC2=O)CC1)c1cc(=O)c2cc(F)ccc2o1. The van der Waals surface area contributed by atoms with E-state index in [1.807, 2.05) is 42.2 Å². The van der Waals surface area contributed by atoms with Crippen LogP contribution in [-0.2, 0) is 11.3 Å². The third-order valence-corrected chi connectivity index (χ3v) is 8.73. The van der Waals surface area contributed by atoms with Crippen molar-refractivity contribution in [2.75, 3.05) is 13.1 Å². The average Bonchev–Trinajstić information content (AvgIpc) is 3.05. The molecule has 2 heterocycles. The monoisotopic (exact) mass is 628 g/mol. The molecule has 3 aromatic carbocycles. The predicted molar refractivity (Wildman–Crippen MR) is 176 cm³/mol. The van der Waals surface area contributed by atoms with Gasteiger partial charge in [0.1, 0.15) is 11.4 Å². The van der Waals surface area contributed by atoms with E-state index in [0.717, 1.165) is 62.2 Å². The van der Waals surface area contributed by atoms with Crippen molar-refractivity contribution < 1.29 is 18.4 Å². The highest BCUT2D eigenvalue weighted by molar-refractivity contribution is 6.30. The van der Waals surface area contributed by atoms with E-state index >= 15 is 0 Å². The largest absolute Gasteiger partial charge is 0.451 e. The Hall–Kier alpha value is -4.23. The molecule has 0 unspecified atom stereocenters. The summed E-state index contributed by atoms with van der Waals surface area (Å²) in [6, 6.07) is 21.0. The van der Waals surface area contributed by atoms with Crippen LogP contribution in [0.25, 0.3) is 11.0 Å². The first-order valence-corrected chi connectivity index (χ1v) is 15.9. The van der Waals surface area contributed by atoms with Crippen LogP contribution in [0, 0.1) is 12.7 Å². The lowest BCUT2D eigenvalue weighted by Gasteiger charge is -2.30. The molecule has 45 heavy (non-hydrogen) atoms. The number of halogens is 2. The Morgan fingerprint density at radius 3 is 2.49 bits per heavy atom. The van der Waals surface area contributed by atoms with Crippen molar-refractivity contribution in [1.82, 2.24) is 10.2 Å². The number of allylic oxidation sites excluding steroid dienone is 1. The molecule has 2 aliphatic rings. The van der Waals surface area contributed by atoms with E-state index in [1.54, 1.807) is 0 Å². The Labute approximate surface area is 267 Å². The maximum Gasteiger partial charge on any atom is 0.287 e. The molecule has 6 nitrogen and oxygen atoms in total. The molecule has 1 saturated heterocycles. The zero-order valence-corrected chi connectivity index (χ0v) is 26.2. The lowest BCUT2D eigenvalue weighted by molar-refractivity contribution is -0.133. The van der Waals surface area contributed by atoms with Crippen LogP contribution in [0.4, 0.5) is 4.39 Å². The van der Waals surface area contributed by atoms with Crippen molar-refractivity contribution in [3.05, 3.63) is 128 Å². The molecule has 1 aliphatic carbocycles. The van der Waals surface area contributed by atoms with E-state index < -0.39 is 17.2 Å². The van der Waals surface area contributed by atoms with Gasteiger partial charge < -0.3 is 14.6 Å². The number of benzene rings is 3. The van der Waals surface area contributed by atoms with Gasteiger partial charge in [0.15, 0.2) is 11.2 Å². The number of hydrogen-bond donors (Lipinski definition) is 1. The Kier molecular flexibility index (Phi) is 10.8. The molecule has 2 fully saturated rings. The molecular formula is C37H38ClFN2O4. The molecule has 0 spiro atoms. The first kappa shape index (κ1) is 32.2. The van der Waals surface area contributed by atoms with Crippen molar-refractivity contribution in [2.45, 2.75) is 64.3 Å². The summed E-state index contributed by atoms with van der Waals surface area (Å²) in [5.41, 5.74) is 4.87. The van der Waals surface area contributed by atoms with Crippen molar-refractivity contribution >= 4 is 34.4 Å². The van der Waals surface area contributed by atoms with E-state index in [4.69, 9.17) is 16.0 Å². The second-order valence-electron chi connectivity index (χ2n) is 11.7. The molecule has 1 aliphatic heterocycles. The lowest BCUT2D eigenvalue weighted by atomic mass is 9.79. The molecule has 6 rings (SSSR count). The topological polar surface area (TPSA) is 79.6 Å². The third kappa shape index (κ3) is 8.70. The van der Waals surface area contributed by atoms with Gasteiger partial charge in [0.2, 0.25) is 5.91 Å². The lowest BCUT2D eigenvalue weighted by Crippen LogP contribution is -2.35. The number of carbonyl (C=O) groups excluding carboxylic acids is 2. The summed E-state index contributed by atoms with van der Waals surface area (Å²) in [5, 5.41) is 3.70. The molecule has 234 valence electrons. The van der Waals surface area contributed by atoms with Gasteiger partial charge in [-0.15, -0.1) is 0 Å². The summed E-state index contributed by atoms with van der Waals surface area (Å²) < 4.78 is 18.9. The number of aryl methyl sites for hydroxylation is 1. The van der Waals surface area contributed by atoms with Crippen LogP contribution in [0.3, 0.4) is 0 Å². The van der Waals surface area contributed by atoms with Gasteiger partial charge in [-0.05, 0) is 92.8 Å². The van der Waals surface area contributed by atoms with Gasteiger partial charge in [-0.1, -0.05) is 65.2 Å². The Balaban J connectivity index is 0.000000436. The minimum atomic E-state index is -0.529. The highest BCUT2D eigenvalue weighted by Gasteiger charge is 2.23. The molecule has 0 bridgehead atoms. The summed E-state index contributed by atoms with van der Waals surface area (Å²) in [4.78, 5) is 39.1. The van der Waals surface area contributed by atoms with Crippen molar-refractivity contribution in [3.63, 3.8) is 0 Å². The number of hydrogen-bond acceptors (Lipinski definition) is 4. The van der Waals surface area contributed by atoms with Gasteiger partial charge in [-0.2, -0.15) is 0 Å². The van der Waals surface area contributed by atoms with Crippen molar-refractivity contribution in [3.8, 4) is 0 Å². The third-order valence-electron chi connectivity index (χ3n) is 8.48. The van der Waals surface area contributed by atoms with Crippen LogP contribution in [0.5, 0.6) is 0 Å². The number of nitrogens with one attached hydrogen (secondary N) is 1. The highest BCUT2D eigenvalue weighted by Crippen LogP contribution is 2.37. The zero-order valence-electron chi connectivity index (χ0n) is 25.5. The normalized spacial score (nSPS) is 16.6. The van der Waals surface area contributed by atoms with Crippen LogP contribution in [0.2, 0.25) is 5.02 Å². The minimum Gasteiger partial charge on any atom is -0.451 e. The molecule has 8 heteroatoms. The van der Waals surface area contributed by atoms with Crippen LogP contribution in [-0.4, -0.2) is 29.8 Å². The fraction of sp³-hybridized carbons (Fsp3) is 0.324. The van der Waals surface area contributed by atoms with Crippen molar-refractivity contribution in [2.24, 2.45) is 0 Å². The molecule has 1 N–H and O–H groups in total. The Bertz CT molecular complexity index is 1720. The summed E-state index contributed by atoms with van der Waals surface area (Å²) in [5.74, 6) is -0.377. The van der Waals surface area contributed by atoms with E-state index in [1.165, 1.54) is 34.4 Å². The smallest absolute Gasteiger partial charge is 0.287 e. The quantitative estimate of drug-likeness (QED) is 0.219. The molecular weight excluding hydrogens is 591 g/mol. The summed E-state index contributed by atoms with van der Waals surface area (Å²) in [6.07, 6.45) is 8.73. The van der Waals surface area contributed by atoms with Gasteiger partial charge >= 0.3 is 0 Å². The maximum atomic E-state index is 13.4.